The average molecular weight is 562 g/mol. The second kappa shape index (κ2) is 10.0. The fraction of sp³-hybridized carbons (Fsp3) is 0.0270. The molecule has 0 aliphatic carbocycles. The van der Waals surface area contributed by atoms with Crippen molar-refractivity contribution in [1.29, 1.82) is 0 Å². The molecule has 0 bridgehead atoms. The molecule has 2 heterocycles. The first kappa shape index (κ1) is 24.6. The van der Waals surface area contributed by atoms with Crippen molar-refractivity contribution in [1.82, 2.24) is 5.32 Å². The minimum absolute atomic E-state index is 0.529. The smallest absolute Gasteiger partial charge is 0.170 e. The van der Waals surface area contributed by atoms with Crippen molar-refractivity contribution >= 4 is 56.0 Å². The van der Waals surface area contributed by atoms with Crippen LogP contribution in [0.3, 0.4) is 0 Å². The summed E-state index contributed by atoms with van der Waals surface area (Å²) in [6, 6.07) is 45.5. The van der Waals surface area contributed by atoms with Crippen molar-refractivity contribution < 1.29 is 4.42 Å². The van der Waals surface area contributed by atoms with Crippen LogP contribution in [0.2, 0.25) is 5.02 Å². The van der Waals surface area contributed by atoms with Gasteiger partial charge in [-0.1, -0.05) is 121 Å². The van der Waals surface area contributed by atoms with E-state index in [1.165, 1.54) is 10.9 Å². The molecule has 1 aromatic heterocycles. The molecule has 0 radical (unpaired) electrons. The lowest BCUT2D eigenvalue weighted by Crippen LogP contribution is -2.36. The number of nitrogens with one attached hydrogen (secondary N) is 1. The highest BCUT2D eigenvalue weighted by molar-refractivity contribution is 6.31. The number of aliphatic imine (C=N–C) groups is 2. The Bertz CT molecular complexity index is 2180. The van der Waals surface area contributed by atoms with E-state index in [0.717, 1.165) is 61.2 Å². The lowest BCUT2D eigenvalue weighted by Gasteiger charge is -2.23. The van der Waals surface area contributed by atoms with Gasteiger partial charge in [0.1, 0.15) is 22.8 Å². The van der Waals surface area contributed by atoms with E-state index in [-0.39, 0.29) is 0 Å². The summed E-state index contributed by atoms with van der Waals surface area (Å²) in [5.74, 6) is 1.50. The average Bonchev–Trinajstić information content (AvgIpc) is 3.42. The van der Waals surface area contributed by atoms with Crippen LogP contribution in [-0.2, 0) is 0 Å². The molecule has 42 heavy (non-hydrogen) atoms. The Kier molecular flexibility index (Phi) is 5.87. The van der Waals surface area contributed by atoms with Crippen molar-refractivity contribution in [2.75, 3.05) is 0 Å². The number of amidine groups is 2. The largest absolute Gasteiger partial charge is 0.456 e. The van der Waals surface area contributed by atoms with Gasteiger partial charge in [0.15, 0.2) is 6.17 Å². The Morgan fingerprint density at radius 3 is 2.02 bits per heavy atom. The maximum absolute atomic E-state index is 6.65. The highest BCUT2D eigenvalue weighted by Gasteiger charge is 2.25. The maximum atomic E-state index is 6.65. The molecule has 6 aromatic carbocycles. The Hall–Kier alpha value is -5.19. The molecule has 1 unspecified atom stereocenters. The monoisotopic (exact) mass is 561 g/mol. The fourth-order valence-electron chi connectivity index (χ4n) is 5.73. The first-order valence-corrected chi connectivity index (χ1v) is 14.3. The topological polar surface area (TPSA) is 49.9 Å². The SMILES string of the molecule is Clc1cc(C2N=C(c3ccc(-c4ccccc4)cc3)NC(c3ccc4ccccc4c3)=N2)c2c(c1)oc1ccccc12. The standard InChI is InChI=1S/C37H24ClN3O/c38-29-21-31(34-30-12-6-7-13-32(30)42-33(34)22-29)37-40-35(26-17-14-25(15-18-26)23-8-2-1-3-9-23)39-36(41-37)28-19-16-24-10-4-5-11-27(24)20-28/h1-22,37H,(H,39,40,41). The van der Waals surface area contributed by atoms with Gasteiger partial charge in [0.05, 0.1) is 0 Å². The van der Waals surface area contributed by atoms with Crippen LogP contribution in [0.25, 0.3) is 43.8 Å². The lowest BCUT2D eigenvalue weighted by atomic mass is 10.0. The van der Waals surface area contributed by atoms with Crippen LogP contribution in [0.15, 0.2) is 148 Å². The molecular weight excluding hydrogens is 538 g/mol. The van der Waals surface area contributed by atoms with E-state index in [1.807, 2.05) is 36.4 Å². The molecule has 0 saturated heterocycles. The Labute approximate surface area is 247 Å². The van der Waals surface area contributed by atoms with Crippen molar-refractivity contribution in [3.8, 4) is 11.1 Å². The molecule has 200 valence electrons. The van der Waals surface area contributed by atoms with Gasteiger partial charge >= 0.3 is 0 Å². The number of furan rings is 1. The third kappa shape index (κ3) is 4.33. The molecule has 0 amide bonds. The van der Waals surface area contributed by atoms with Gasteiger partial charge in [0, 0.05) is 38.6 Å². The highest BCUT2D eigenvalue weighted by atomic mass is 35.5. The minimum atomic E-state index is -0.529. The second-order valence-corrected chi connectivity index (χ2v) is 10.9. The van der Waals surface area contributed by atoms with Gasteiger partial charge in [-0.3, -0.25) is 0 Å². The fourth-order valence-corrected chi connectivity index (χ4v) is 5.94. The van der Waals surface area contributed by atoms with Crippen LogP contribution in [0.5, 0.6) is 0 Å². The van der Waals surface area contributed by atoms with Gasteiger partial charge < -0.3 is 9.73 Å². The quantitative estimate of drug-likeness (QED) is 0.232. The molecule has 0 spiro atoms. The summed E-state index contributed by atoms with van der Waals surface area (Å²) < 4.78 is 6.19. The van der Waals surface area contributed by atoms with Gasteiger partial charge in [0.2, 0.25) is 0 Å². The Morgan fingerprint density at radius 1 is 0.548 bits per heavy atom. The number of rotatable bonds is 4. The zero-order chi connectivity index (χ0) is 28.0. The number of fused-ring (bicyclic) bond motifs is 4. The maximum Gasteiger partial charge on any atom is 0.170 e. The number of hydrogen-bond acceptors (Lipinski definition) is 4. The van der Waals surface area contributed by atoms with Gasteiger partial charge in [-0.25, -0.2) is 9.98 Å². The second-order valence-electron chi connectivity index (χ2n) is 10.4. The summed E-state index contributed by atoms with van der Waals surface area (Å²) in [7, 11) is 0. The molecule has 1 N–H and O–H groups in total. The molecule has 0 fully saturated rings. The van der Waals surface area contributed by atoms with Gasteiger partial charge in [0.25, 0.3) is 0 Å². The van der Waals surface area contributed by atoms with Crippen LogP contribution in [-0.4, -0.2) is 11.7 Å². The summed E-state index contributed by atoms with van der Waals surface area (Å²) >= 11 is 6.65. The first-order chi connectivity index (χ1) is 20.7. The number of para-hydroxylation sites is 1. The Balaban J connectivity index is 1.29. The molecule has 1 atom stereocenters. The highest BCUT2D eigenvalue weighted by Crippen LogP contribution is 2.39. The van der Waals surface area contributed by atoms with Crippen molar-refractivity contribution in [3.05, 3.63) is 155 Å². The Morgan fingerprint density at radius 2 is 1.19 bits per heavy atom. The van der Waals surface area contributed by atoms with E-state index >= 15 is 0 Å². The van der Waals surface area contributed by atoms with E-state index in [2.05, 4.69) is 102 Å². The number of hydrogen-bond donors (Lipinski definition) is 1. The van der Waals surface area contributed by atoms with Crippen LogP contribution >= 0.6 is 11.6 Å². The van der Waals surface area contributed by atoms with Crippen LogP contribution in [0, 0.1) is 0 Å². The number of halogens is 1. The van der Waals surface area contributed by atoms with Gasteiger partial charge in [-0.2, -0.15) is 0 Å². The van der Waals surface area contributed by atoms with E-state index in [0.29, 0.717) is 5.02 Å². The molecule has 8 rings (SSSR count). The van der Waals surface area contributed by atoms with Crippen molar-refractivity contribution in [3.63, 3.8) is 0 Å². The molecule has 0 saturated carbocycles. The zero-order valence-electron chi connectivity index (χ0n) is 22.5. The van der Waals surface area contributed by atoms with Crippen LogP contribution in [0.1, 0.15) is 22.9 Å². The third-order valence-electron chi connectivity index (χ3n) is 7.78. The normalized spacial score (nSPS) is 15.0. The summed E-state index contributed by atoms with van der Waals surface area (Å²) in [5, 5.41) is 8.46. The third-order valence-corrected chi connectivity index (χ3v) is 8.00. The molecule has 7 aromatic rings. The van der Waals surface area contributed by atoms with Crippen molar-refractivity contribution in [2.24, 2.45) is 9.98 Å². The van der Waals surface area contributed by atoms with E-state index < -0.39 is 6.17 Å². The predicted octanol–water partition coefficient (Wildman–Crippen LogP) is 9.55. The van der Waals surface area contributed by atoms with E-state index in [9.17, 15) is 0 Å². The molecule has 4 nitrogen and oxygen atoms in total. The van der Waals surface area contributed by atoms with E-state index in [4.69, 9.17) is 26.0 Å². The van der Waals surface area contributed by atoms with E-state index in [1.54, 1.807) is 0 Å². The first-order valence-electron chi connectivity index (χ1n) is 13.9. The van der Waals surface area contributed by atoms with Crippen molar-refractivity contribution in [2.45, 2.75) is 6.17 Å². The summed E-state index contributed by atoms with van der Waals surface area (Å²) in [6.45, 7) is 0. The van der Waals surface area contributed by atoms with Gasteiger partial charge in [-0.15, -0.1) is 0 Å². The molecule has 1 aliphatic rings. The van der Waals surface area contributed by atoms with Gasteiger partial charge in [-0.05, 0) is 40.1 Å². The minimum Gasteiger partial charge on any atom is -0.456 e. The lowest BCUT2D eigenvalue weighted by molar-refractivity contribution is 0.667. The summed E-state index contributed by atoms with van der Waals surface area (Å²) in [4.78, 5) is 10.3. The number of nitrogens with zero attached hydrogens (tertiary/aromatic N) is 2. The summed E-state index contributed by atoms with van der Waals surface area (Å²) in [6.07, 6.45) is -0.529. The predicted molar refractivity (Wildman–Crippen MR) is 174 cm³/mol. The molecular formula is C37H24ClN3O. The van der Waals surface area contributed by atoms with Crippen LogP contribution in [0.4, 0.5) is 0 Å². The summed E-state index contributed by atoms with van der Waals surface area (Å²) in [5.41, 5.74) is 6.73. The zero-order valence-corrected chi connectivity index (χ0v) is 23.2. The molecule has 5 heteroatoms. The number of benzene rings is 6. The molecule has 1 aliphatic heterocycles. The van der Waals surface area contributed by atoms with Crippen LogP contribution < -0.4 is 5.32 Å².